The van der Waals surface area contributed by atoms with Gasteiger partial charge in [-0.05, 0) is 30.4 Å². The summed E-state index contributed by atoms with van der Waals surface area (Å²) in [7, 11) is -1.29. The molecule has 1 atom stereocenters. The van der Waals surface area contributed by atoms with E-state index in [9.17, 15) is 13.2 Å². The van der Waals surface area contributed by atoms with Gasteiger partial charge in [-0.3, -0.25) is 9.79 Å². The van der Waals surface area contributed by atoms with Crippen molar-refractivity contribution >= 4 is 45.7 Å². The van der Waals surface area contributed by atoms with Crippen LogP contribution in [0.1, 0.15) is 43.2 Å². The summed E-state index contributed by atoms with van der Waals surface area (Å²) in [6, 6.07) is 7.76. The number of rotatable bonds is 6. The van der Waals surface area contributed by atoms with Gasteiger partial charge in [0.1, 0.15) is 0 Å². The standard InChI is InChI=1S/C21H32N4O3S.HI/c1-22-21(23-13-16-7-9-17(10-8-16)15-29(2,27)28)24-19-11-12-25(14-19)20(26)18-5-3-4-6-18;/h7-10,18-19H,3-6,11-15H2,1-2H3,(H2,22,23,24);1H. The minimum Gasteiger partial charge on any atom is -0.352 e. The third-order valence-corrected chi connectivity index (χ3v) is 6.54. The Hall–Kier alpha value is -1.36. The van der Waals surface area contributed by atoms with Crippen LogP contribution in [0.5, 0.6) is 0 Å². The third-order valence-electron chi connectivity index (χ3n) is 5.68. The first-order valence-corrected chi connectivity index (χ1v) is 12.4. The van der Waals surface area contributed by atoms with Crippen molar-refractivity contribution in [3.05, 3.63) is 35.4 Å². The van der Waals surface area contributed by atoms with Gasteiger partial charge >= 0.3 is 0 Å². The van der Waals surface area contributed by atoms with E-state index in [1.165, 1.54) is 19.1 Å². The molecule has 1 saturated carbocycles. The second-order valence-corrected chi connectivity index (χ2v) is 10.3. The number of aliphatic imine (C=N–C) groups is 1. The molecule has 3 rings (SSSR count). The van der Waals surface area contributed by atoms with Crippen molar-refractivity contribution in [2.45, 2.75) is 50.4 Å². The molecular formula is C21H33IN4O3S. The summed E-state index contributed by atoms with van der Waals surface area (Å²) in [6.07, 6.45) is 6.61. The van der Waals surface area contributed by atoms with Crippen LogP contribution in [0.25, 0.3) is 0 Å². The summed E-state index contributed by atoms with van der Waals surface area (Å²) in [5.41, 5.74) is 1.84. The lowest BCUT2D eigenvalue weighted by molar-refractivity contribution is -0.134. The summed E-state index contributed by atoms with van der Waals surface area (Å²) in [4.78, 5) is 18.9. The number of amides is 1. The van der Waals surface area contributed by atoms with Crippen LogP contribution in [-0.4, -0.2) is 57.6 Å². The normalized spacial score (nSPS) is 20.1. The molecule has 2 fully saturated rings. The quantitative estimate of drug-likeness (QED) is 0.324. The summed E-state index contributed by atoms with van der Waals surface area (Å²) in [5.74, 6) is 1.33. The van der Waals surface area contributed by atoms with Gasteiger partial charge in [-0.15, -0.1) is 24.0 Å². The van der Waals surface area contributed by atoms with Gasteiger partial charge in [-0.1, -0.05) is 37.1 Å². The summed E-state index contributed by atoms with van der Waals surface area (Å²) >= 11 is 0. The molecular weight excluding hydrogens is 515 g/mol. The zero-order valence-electron chi connectivity index (χ0n) is 17.8. The number of likely N-dealkylation sites (tertiary alicyclic amines) is 1. The van der Waals surface area contributed by atoms with Gasteiger partial charge in [0, 0.05) is 44.9 Å². The van der Waals surface area contributed by atoms with E-state index in [-0.39, 0.29) is 41.7 Å². The molecule has 1 aromatic carbocycles. The highest BCUT2D eigenvalue weighted by molar-refractivity contribution is 14.0. The van der Waals surface area contributed by atoms with Crippen molar-refractivity contribution in [2.24, 2.45) is 10.9 Å². The second-order valence-electron chi connectivity index (χ2n) is 8.21. The lowest BCUT2D eigenvalue weighted by Gasteiger charge is -2.21. The zero-order chi connectivity index (χ0) is 20.9. The molecule has 1 amide bonds. The molecule has 9 heteroatoms. The third kappa shape index (κ3) is 7.40. The van der Waals surface area contributed by atoms with E-state index in [1.807, 2.05) is 29.2 Å². The van der Waals surface area contributed by atoms with Crippen LogP contribution in [-0.2, 0) is 26.9 Å². The van der Waals surface area contributed by atoms with Crippen LogP contribution in [0.15, 0.2) is 29.3 Å². The number of hydrogen-bond donors (Lipinski definition) is 2. The van der Waals surface area contributed by atoms with Gasteiger partial charge in [0.05, 0.1) is 5.75 Å². The number of hydrogen-bond acceptors (Lipinski definition) is 4. The van der Waals surface area contributed by atoms with Crippen LogP contribution in [0.3, 0.4) is 0 Å². The second kappa shape index (κ2) is 11.3. The van der Waals surface area contributed by atoms with Crippen molar-refractivity contribution < 1.29 is 13.2 Å². The van der Waals surface area contributed by atoms with E-state index in [4.69, 9.17) is 0 Å². The van der Waals surface area contributed by atoms with Crippen LogP contribution in [0, 0.1) is 5.92 Å². The molecule has 0 radical (unpaired) electrons. The maximum absolute atomic E-state index is 12.6. The molecule has 168 valence electrons. The Morgan fingerprint density at radius 1 is 1.13 bits per heavy atom. The smallest absolute Gasteiger partial charge is 0.225 e. The molecule has 30 heavy (non-hydrogen) atoms. The Morgan fingerprint density at radius 2 is 1.77 bits per heavy atom. The predicted octanol–water partition coefficient (Wildman–Crippen LogP) is 2.31. The van der Waals surface area contributed by atoms with E-state index in [0.717, 1.165) is 43.5 Å². The average Bonchev–Trinajstić information content (AvgIpc) is 3.36. The molecule has 2 N–H and O–H groups in total. The minimum absolute atomic E-state index is 0. The maximum Gasteiger partial charge on any atom is 0.225 e. The SMILES string of the molecule is CN=C(NCc1ccc(CS(C)(=O)=O)cc1)NC1CCN(C(=O)C2CCCC2)C1.I. The van der Waals surface area contributed by atoms with Crippen molar-refractivity contribution in [3.8, 4) is 0 Å². The zero-order valence-corrected chi connectivity index (χ0v) is 20.9. The summed E-state index contributed by atoms with van der Waals surface area (Å²) in [5, 5.41) is 6.72. The van der Waals surface area contributed by atoms with Gasteiger partial charge in [0.2, 0.25) is 5.91 Å². The van der Waals surface area contributed by atoms with Crippen LogP contribution in [0.4, 0.5) is 0 Å². The highest BCUT2D eigenvalue weighted by Gasteiger charge is 2.32. The number of halogens is 1. The fraction of sp³-hybridized carbons (Fsp3) is 0.619. The first-order valence-electron chi connectivity index (χ1n) is 10.4. The van der Waals surface area contributed by atoms with Crippen molar-refractivity contribution in [2.75, 3.05) is 26.4 Å². The van der Waals surface area contributed by atoms with Gasteiger partial charge in [-0.25, -0.2) is 8.42 Å². The molecule has 1 heterocycles. The lowest BCUT2D eigenvalue weighted by Crippen LogP contribution is -2.45. The highest BCUT2D eigenvalue weighted by Crippen LogP contribution is 2.27. The molecule has 1 aliphatic carbocycles. The van der Waals surface area contributed by atoms with Crippen LogP contribution in [0.2, 0.25) is 0 Å². The van der Waals surface area contributed by atoms with Crippen LogP contribution >= 0.6 is 24.0 Å². The van der Waals surface area contributed by atoms with E-state index in [2.05, 4.69) is 15.6 Å². The highest BCUT2D eigenvalue weighted by atomic mass is 127. The van der Waals surface area contributed by atoms with Crippen molar-refractivity contribution in [1.29, 1.82) is 0 Å². The molecule has 7 nitrogen and oxygen atoms in total. The Balaban J connectivity index is 0.00000320. The molecule has 0 aromatic heterocycles. The Kier molecular flexibility index (Phi) is 9.39. The topological polar surface area (TPSA) is 90.9 Å². The number of carbonyl (C=O) groups excluding carboxylic acids is 1. The summed E-state index contributed by atoms with van der Waals surface area (Å²) < 4.78 is 22.8. The molecule has 0 spiro atoms. The fourth-order valence-electron chi connectivity index (χ4n) is 4.14. The monoisotopic (exact) mass is 548 g/mol. The number of guanidine groups is 1. The Labute approximate surface area is 197 Å². The number of benzene rings is 1. The largest absolute Gasteiger partial charge is 0.352 e. The molecule has 0 bridgehead atoms. The van der Waals surface area contributed by atoms with Crippen LogP contribution < -0.4 is 10.6 Å². The summed E-state index contributed by atoms with van der Waals surface area (Å²) in [6.45, 7) is 2.14. The van der Waals surface area contributed by atoms with Gasteiger partial charge in [0.15, 0.2) is 15.8 Å². The van der Waals surface area contributed by atoms with E-state index >= 15 is 0 Å². The lowest BCUT2D eigenvalue weighted by atomic mass is 10.1. The first kappa shape index (κ1) is 24.9. The molecule has 1 unspecified atom stereocenters. The Morgan fingerprint density at radius 3 is 2.37 bits per heavy atom. The minimum atomic E-state index is -3.02. The Bertz CT molecular complexity index is 836. The fourth-order valence-corrected chi connectivity index (χ4v) is 4.94. The van der Waals surface area contributed by atoms with Gasteiger partial charge in [-0.2, -0.15) is 0 Å². The number of sulfone groups is 1. The van der Waals surface area contributed by atoms with E-state index in [0.29, 0.717) is 18.4 Å². The predicted molar refractivity (Wildman–Crippen MR) is 131 cm³/mol. The van der Waals surface area contributed by atoms with Gasteiger partial charge in [0.25, 0.3) is 0 Å². The van der Waals surface area contributed by atoms with Gasteiger partial charge < -0.3 is 15.5 Å². The average molecular weight is 548 g/mol. The number of nitrogens with one attached hydrogen (secondary N) is 2. The first-order chi connectivity index (χ1) is 13.8. The maximum atomic E-state index is 12.6. The molecule has 1 saturated heterocycles. The molecule has 2 aliphatic rings. The molecule has 1 aromatic rings. The van der Waals surface area contributed by atoms with E-state index in [1.54, 1.807) is 7.05 Å². The molecule has 1 aliphatic heterocycles. The number of carbonyl (C=O) groups is 1. The van der Waals surface area contributed by atoms with Crippen molar-refractivity contribution in [1.82, 2.24) is 15.5 Å². The van der Waals surface area contributed by atoms with Crippen molar-refractivity contribution in [3.63, 3.8) is 0 Å². The van der Waals surface area contributed by atoms with E-state index < -0.39 is 9.84 Å². The number of nitrogens with zero attached hydrogens (tertiary/aromatic N) is 2.